The first kappa shape index (κ1) is 11.1. The van der Waals surface area contributed by atoms with Crippen molar-refractivity contribution in [3.8, 4) is 11.5 Å². The van der Waals surface area contributed by atoms with Crippen molar-refractivity contribution in [2.45, 2.75) is 18.9 Å². The monoisotopic (exact) mass is 215 g/mol. The van der Waals surface area contributed by atoms with Crippen LogP contribution in [-0.4, -0.2) is 10.2 Å². The summed E-state index contributed by atoms with van der Waals surface area (Å²) in [5.74, 6) is 0.814. The number of hydrogen-bond donors (Lipinski definition) is 3. The Hall–Kier alpha value is -0.930. The number of rotatable bonds is 2. The van der Waals surface area contributed by atoms with Crippen molar-refractivity contribution in [1.82, 2.24) is 0 Å². The molecule has 1 aliphatic rings. The molecule has 3 nitrogen and oxygen atoms in total. The number of phenols is 2. The summed E-state index contributed by atoms with van der Waals surface area (Å²) in [7, 11) is 0. The molecule has 14 heavy (non-hydrogen) atoms. The van der Waals surface area contributed by atoms with Gasteiger partial charge in [0.15, 0.2) is 0 Å². The molecule has 0 spiro atoms. The smallest absolute Gasteiger partial charge is 0.120 e. The van der Waals surface area contributed by atoms with Gasteiger partial charge in [0.05, 0.1) is 0 Å². The Morgan fingerprint density at radius 3 is 2.50 bits per heavy atom. The maximum absolute atomic E-state index is 9.49. The molecule has 1 aromatic carbocycles. The highest BCUT2D eigenvalue weighted by molar-refractivity contribution is 5.85. The lowest BCUT2D eigenvalue weighted by molar-refractivity contribution is 0.444. The molecule has 0 radical (unpaired) electrons. The van der Waals surface area contributed by atoms with E-state index >= 15 is 0 Å². The molecular weight excluding hydrogens is 202 g/mol. The van der Waals surface area contributed by atoms with Crippen LogP contribution in [0.3, 0.4) is 0 Å². The minimum atomic E-state index is -0.132. The Kier molecular flexibility index (Phi) is 3.24. The van der Waals surface area contributed by atoms with Gasteiger partial charge in [-0.05, 0) is 37.0 Å². The normalized spacial score (nSPS) is 17.2. The van der Waals surface area contributed by atoms with Gasteiger partial charge in [-0.1, -0.05) is 0 Å². The van der Waals surface area contributed by atoms with Gasteiger partial charge in [0, 0.05) is 11.6 Å². The van der Waals surface area contributed by atoms with Gasteiger partial charge in [-0.3, -0.25) is 0 Å². The van der Waals surface area contributed by atoms with E-state index in [1.54, 1.807) is 6.07 Å². The van der Waals surface area contributed by atoms with E-state index in [-0.39, 0.29) is 29.9 Å². The SMILES string of the molecule is Cl.N[C@@H](c1cc(O)ccc1O)C1CC1. The summed E-state index contributed by atoms with van der Waals surface area (Å²) in [6.45, 7) is 0. The molecule has 78 valence electrons. The molecule has 0 heterocycles. The summed E-state index contributed by atoms with van der Waals surface area (Å²) < 4.78 is 0. The Balaban J connectivity index is 0.000000980. The summed E-state index contributed by atoms with van der Waals surface area (Å²) in [5.41, 5.74) is 6.55. The van der Waals surface area contributed by atoms with Gasteiger partial charge in [0.2, 0.25) is 0 Å². The highest BCUT2D eigenvalue weighted by Gasteiger charge is 2.31. The number of benzene rings is 1. The third-order valence-electron chi connectivity index (χ3n) is 2.50. The van der Waals surface area contributed by atoms with Gasteiger partial charge in [-0.2, -0.15) is 0 Å². The average molecular weight is 216 g/mol. The Morgan fingerprint density at radius 2 is 1.93 bits per heavy atom. The van der Waals surface area contributed by atoms with Gasteiger partial charge in [0.1, 0.15) is 11.5 Å². The summed E-state index contributed by atoms with van der Waals surface area (Å²) in [4.78, 5) is 0. The lowest BCUT2D eigenvalue weighted by Gasteiger charge is -2.12. The summed E-state index contributed by atoms with van der Waals surface area (Å²) >= 11 is 0. The second-order valence-corrected chi connectivity index (χ2v) is 3.61. The van der Waals surface area contributed by atoms with E-state index in [9.17, 15) is 10.2 Å². The van der Waals surface area contributed by atoms with Crippen LogP contribution in [0, 0.1) is 5.92 Å². The predicted octanol–water partition coefficient (Wildman–Crippen LogP) is 1.93. The van der Waals surface area contributed by atoms with E-state index in [4.69, 9.17) is 5.73 Å². The maximum Gasteiger partial charge on any atom is 0.120 e. The first-order valence-electron chi connectivity index (χ1n) is 4.46. The fourth-order valence-corrected chi connectivity index (χ4v) is 1.52. The Labute approximate surface area is 89.0 Å². The third kappa shape index (κ3) is 2.11. The molecule has 1 fully saturated rings. The molecule has 2 rings (SSSR count). The average Bonchev–Trinajstić information content (AvgIpc) is 2.91. The molecule has 4 N–H and O–H groups in total. The van der Waals surface area contributed by atoms with Gasteiger partial charge in [-0.15, -0.1) is 12.4 Å². The summed E-state index contributed by atoms with van der Waals surface area (Å²) in [6.07, 6.45) is 2.24. The maximum atomic E-state index is 9.49. The van der Waals surface area contributed by atoms with E-state index in [0.717, 1.165) is 12.8 Å². The van der Waals surface area contributed by atoms with E-state index in [0.29, 0.717) is 11.5 Å². The van der Waals surface area contributed by atoms with Crippen LogP contribution in [0.4, 0.5) is 0 Å². The molecule has 0 unspecified atom stereocenters. The minimum Gasteiger partial charge on any atom is -0.508 e. The van der Waals surface area contributed by atoms with Crippen molar-refractivity contribution < 1.29 is 10.2 Å². The van der Waals surface area contributed by atoms with E-state index in [1.165, 1.54) is 12.1 Å². The van der Waals surface area contributed by atoms with Gasteiger partial charge in [0.25, 0.3) is 0 Å². The van der Waals surface area contributed by atoms with Crippen molar-refractivity contribution in [2.75, 3.05) is 0 Å². The zero-order chi connectivity index (χ0) is 9.42. The molecule has 0 aromatic heterocycles. The van der Waals surface area contributed by atoms with Crippen molar-refractivity contribution in [1.29, 1.82) is 0 Å². The molecule has 1 saturated carbocycles. The van der Waals surface area contributed by atoms with Crippen LogP contribution in [0.15, 0.2) is 18.2 Å². The lowest BCUT2D eigenvalue weighted by atomic mass is 10.0. The highest BCUT2D eigenvalue weighted by Crippen LogP contribution is 2.42. The van der Waals surface area contributed by atoms with Crippen molar-refractivity contribution in [2.24, 2.45) is 11.7 Å². The molecule has 1 atom stereocenters. The van der Waals surface area contributed by atoms with E-state index in [2.05, 4.69) is 0 Å². The first-order valence-corrected chi connectivity index (χ1v) is 4.46. The van der Waals surface area contributed by atoms with Gasteiger partial charge >= 0.3 is 0 Å². The fraction of sp³-hybridized carbons (Fsp3) is 0.400. The Morgan fingerprint density at radius 1 is 1.29 bits per heavy atom. The highest BCUT2D eigenvalue weighted by atomic mass is 35.5. The van der Waals surface area contributed by atoms with E-state index < -0.39 is 0 Å². The molecule has 0 amide bonds. The molecule has 1 aromatic rings. The second kappa shape index (κ2) is 4.07. The van der Waals surface area contributed by atoms with E-state index in [1.807, 2.05) is 0 Å². The zero-order valence-corrected chi connectivity index (χ0v) is 8.50. The van der Waals surface area contributed by atoms with Crippen LogP contribution in [0.1, 0.15) is 24.4 Å². The largest absolute Gasteiger partial charge is 0.508 e. The summed E-state index contributed by atoms with van der Waals surface area (Å²) in [5, 5.41) is 18.7. The number of aromatic hydroxyl groups is 2. The number of nitrogens with two attached hydrogens (primary N) is 1. The molecule has 4 heteroatoms. The van der Waals surface area contributed by atoms with Crippen LogP contribution in [0.2, 0.25) is 0 Å². The van der Waals surface area contributed by atoms with Gasteiger partial charge < -0.3 is 15.9 Å². The number of phenolic OH excluding ortho intramolecular Hbond substituents is 2. The number of hydrogen-bond acceptors (Lipinski definition) is 3. The molecule has 0 aliphatic heterocycles. The molecule has 0 bridgehead atoms. The van der Waals surface area contributed by atoms with Crippen molar-refractivity contribution >= 4 is 12.4 Å². The Bertz CT molecular complexity index is 326. The predicted molar refractivity (Wildman–Crippen MR) is 56.7 cm³/mol. The number of halogens is 1. The summed E-state index contributed by atoms with van der Waals surface area (Å²) in [6, 6.07) is 4.34. The molecular formula is C10H14ClNO2. The van der Waals surface area contributed by atoms with Gasteiger partial charge in [-0.25, -0.2) is 0 Å². The molecule has 0 saturated heterocycles. The minimum absolute atomic E-state index is 0. The quantitative estimate of drug-likeness (QED) is 0.661. The van der Waals surface area contributed by atoms with Crippen LogP contribution >= 0.6 is 12.4 Å². The van der Waals surface area contributed by atoms with Crippen LogP contribution < -0.4 is 5.73 Å². The third-order valence-corrected chi connectivity index (χ3v) is 2.50. The standard InChI is InChI=1S/C10H13NO2.ClH/c11-10(6-1-2-6)8-5-7(12)3-4-9(8)13;/h3-6,10,12-13H,1-2,11H2;1H/t10-;/m1./s1. The fourth-order valence-electron chi connectivity index (χ4n) is 1.52. The second-order valence-electron chi connectivity index (χ2n) is 3.61. The van der Waals surface area contributed by atoms with Crippen LogP contribution in [0.5, 0.6) is 11.5 Å². The first-order chi connectivity index (χ1) is 6.18. The lowest BCUT2D eigenvalue weighted by Crippen LogP contribution is -2.12. The van der Waals surface area contributed by atoms with Crippen LogP contribution in [0.25, 0.3) is 0 Å². The topological polar surface area (TPSA) is 66.5 Å². The molecule has 1 aliphatic carbocycles. The van der Waals surface area contributed by atoms with Crippen molar-refractivity contribution in [3.05, 3.63) is 23.8 Å². The zero-order valence-electron chi connectivity index (χ0n) is 7.68. The van der Waals surface area contributed by atoms with Crippen molar-refractivity contribution in [3.63, 3.8) is 0 Å². The van der Waals surface area contributed by atoms with Crippen LogP contribution in [-0.2, 0) is 0 Å².